The van der Waals surface area contributed by atoms with Crippen LogP contribution in [-0.4, -0.2) is 29.3 Å². The summed E-state index contributed by atoms with van der Waals surface area (Å²) >= 11 is 2.77. The molecular weight excluding hydrogens is 466 g/mol. The molecule has 0 aliphatic rings. The summed E-state index contributed by atoms with van der Waals surface area (Å²) in [5, 5.41) is 6.75. The summed E-state index contributed by atoms with van der Waals surface area (Å²) in [6.45, 7) is 11.3. The number of nitrogens with one attached hydrogen (secondary N) is 1. The SMILES string of the molecule is CCN(CC)c1ccc(NC(=O)Cn2c(=CC(=O)C(C)(C)C)sc(=Cc3ccsc3)c2=O)cc1. The zero-order chi connectivity index (χ0) is 24.9. The molecule has 0 saturated carbocycles. The maximum absolute atomic E-state index is 13.1. The number of amides is 1. The van der Waals surface area contributed by atoms with E-state index in [1.54, 1.807) is 17.4 Å². The van der Waals surface area contributed by atoms with E-state index >= 15 is 0 Å². The first-order chi connectivity index (χ1) is 16.1. The lowest BCUT2D eigenvalue weighted by molar-refractivity contribution is -0.120. The Hall–Kier alpha value is -2.97. The van der Waals surface area contributed by atoms with Gasteiger partial charge in [0.15, 0.2) is 5.78 Å². The maximum Gasteiger partial charge on any atom is 0.269 e. The van der Waals surface area contributed by atoms with Crippen molar-refractivity contribution in [2.45, 2.75) is 41.2 Å². The third-order valence-electron chi connectivity index (χ3n) is 5.35. The average molecular weight is 498 g/mol. The number of anilines is 2. The number of aromatic nitrogens is 1. The summed E-state index contributed by atoms with van der Waals surface area (Å²) in [7, 11) is 0. The molecule has 2 aromatic heterocycles. The molecule has 6 nitrogen and oxygen atoms in total. The molecular formula is C26H31N3O3S2. The molecule has 34 heavy (non-hydrogen) atoms. The Morgan fingerprint density at radius 2 is 1.76 bits per heavy atom. The van der Waals surface area contributed by atoms with Gasteiger partial charge in [-0.05, 0) is 66.6 Å². The molecule has 3 rings (SSSR count). The third kappa shape index (κ3) is 6.33. The Morgan fingerprint density at radius 1 is 1.09 bits per heavy atom. The van der Waals surface area contributed by atoms with E-state index in [2.05, 4.69) is 24.1 Å². The second kappa shape index (κ2) is 11.0. The van der Waals surface area contributed by atoms with Gasteiger partial charge in [0, 0.05) is 36.0 Å². The number of Topliss-reactive ketones (excluding diaryl/α,β-unsaturated/α-hetero) is 1. The molecule has 1 amide bonds. The first-order valence-electron chi connectivity index (χ1n) is 11.3. The number of hydrogen-bond acceptors (Lipinski definition) is 6. The number of thiophene rings is 1. The monoisotopic (exact) mass is 497 g/mol. The lowest BCUT2D eigenvalue weighted by Gasteiger charge is -2.21. The van der Waals surface area contributed by atoms with Gasteiger partial charge < -0.3 is 10.2 Å². The van der Waals surface area contributed by atoms with Crippen LogP contribution in [0.2, 0.25) is 0 Å². The molecule has 1 N–H and O–H groups in total. The highest BCUT2D eigenvalue weighted by Gasteiger charge is 2.20. The van der Waals surface area contributed by atoms with Crippen LogP contribution in [0.1, 0.15) is 40.2 Å². The van der Waals surface area contributed by atoms with E-state index in [0.717, 1.165) is 24.3 Å². The summed E-state index contributed by atoms with van der Waals surface area (Å²) in [5.41, 5.74) is 1.80. The van der Waals surface area contributed by atoms with Gasteiger partial charge >= 0.3 is 0 Å². The average Bonchev–Trinajstić information content (AvgIpc) is 3.39. The molecule has 0 fully saturated rings. The Kier molecular flexibility index (Phi) is 8.28. The van der Waals surface area contributed by atoms with E-state index in [1.807, 2.05) is 61.9 Å². The van der Waals surface area contributed by atoms with Crippen molar-refractivity contribution in [3.05, 3.63) is 66.2 Å². The van der Waals surface area contributed by atoms with Crippen molar-refractivity contribution in [3.63, 3.8) is 0 Å². The number of thiazole rings is 1. The number of carbonyl (C=O) groups is 2. The van der Waals surface area contributed by atoms with Gasteiger partial charge in [-0.15, -0.1) is 11.3 Å². The predicted octanol–water partition coefficient (Wildman–Crippen LogP) is 3.68. The van der Waals surface area contributed by atoms with Crippen molar-refractivity contribution in [1.29, 1.82) is 0 Å². The molecule has 0 saturated heterocycles. The third-order valence-corrected chi connectivity index (χ3v) is 7.11. The van der Waals surface area contributed by atoms with Crippen LogP contribution >= 0.6 is 22.7 Å². The van der Waals surface area contributed by atoms with Gasteiger partial charge in [-0.1, -0.05) is 20.8 Å². The minimum Gasteiger partial charge on any atom is -0.372 e. The van der Waals surface area contributed by atoms with Gasteiger partial charge in [-0.2, -0.15) is 11.3 Å². The molecule has 0 spiro atoms. The second-order valence-electron chi connectivity index (χ2n) is 8.92. The Morgan fingerprint density at radius 3 is 2.32 bits per heavy atom. The lowest BCUT2D eigenvalue weighted by atomic mass is 9.91. The van der Waals surface area contributed by atoms with E-state index in [4.69, 9.17) is 0 Å². The Labute approximate surface area is 207 Å². The van der Waals surface area contributed by atoms with Crippen LogP contribution in [0.5, 0.6) is 0 Å². The zero-order valence-electron chi connectivity index (χ0n) is 20.3. The first kappa shape index (κ1) is 25.6. The van der Waals surface area contributed by atoms with Crippen LogP contribution < -0.4 is 25.0 Å². The number of nitrogens with zero attached hydrogens (tertiary/aromatic N) is 2. The number of hydrogen-bond donors (Lipinski definition) is 1. The Balaban J connectivity index is 1.91. The fraction of sp³-hybridized carbons (Fsp3) is 0.346. The van der Waals surface area contributed by atoms with Gasteiger partial charge in [0.1, 0.15) is 11.2 Å². The van der Waals surface area contributed by atoms with E-state index in [0.29, 0.717) is 14.9 Å². The van der Waals surface area contributed by atoms with Gasteiger partial charge in [0.2, 0.25) is 5.91 Å². The summed E-state index contributed by atoms with van der Waals surface area (Å²) in [6, 6.07) is 9.57. The molecule has 0 radical (unpaired) electrons. The highest BCUT2D eigenvalue weighted by Crippen LogP contribution is 2.18. The molecule has 0 unspecified atom stereocenters. The number of carbonyl (C=O) groups excluding carboxylic acids is 2. The van der Waals surface area contributed by atoms with E-state index in [9.17, 15) is 14.4 Å². The quantitative estimate of drug-likeness (QED) is 0.515. The van der Waals surface area contributed by atoms with Crippen molar-refractivity contribution < 1.29 is 9.59 Å². The molecule has 1 aromatic carbocycles. The molecule has 0 atom stereocenters. The van der Waals surface area contributed by atoms with Crippen LogP contribution in [0.3, 0.4) is 0 Å². The summed E-state index contributed by atoms with van der Waals surface area (Å²) in [6.07, 6.45) is 3.27. The van der Waals surface area contributed by atoms with Gasteiger partial charge in [0.25, 0.3) is 5.56 Å². The predicted molar refractivity (Wildman–Crippen MR) is 143 cm³/mol. The molecule has 0 bridgehead atoms. The van der Waals surface area contributed by atoms with Crippen molar-refractivity contribution in [1.82, 2.24) is 4.57 Å². The number of rotatable bonds is 8. The van der Waals surface area contributed by atoms with Crippen molar-refractivity contribution in [2.24, 2.45) is 5.41 Å². The lowest BCUT2D eigenvalue weighted by Crippen LogP contribution is -2.36. The van der Waals surface area contributed by atoms with Gasteiger partial charge in [-0.3, -0.25) is 19.0 Å². The molecule has 8 heteroatoms. The molecule has 3 aromatic rings. The van der Waals surface area contributed by atoms with Crippen LogP contribution in [-0.2, 0) is 16.1 Å². The smallest absolute Gasteiger partial charge is 0.269 e. The van der Waals surface area contributed by atoms with E-state index in [1.165, 1.54) is 22.0 Å². The fourth-order valence-corrected chi connectivity index (χ4v) is 4.98. The molecule has 0 aliphatic heterocycles. The number of ketones is 1. The normalized spacial score (nSPS) is 12.7. The zero-order valence-corrected chi connectivity index (χ0v) is 21.9. The van der Waals surface area contributed by atoms with Crippen LogP contribution in [0.4, 0.5) is 11.4 Å². The van der Waals surface area contributed by atoms with Crippen LogP contribution in [0.25, 0.3) is 12.2 Å². The van der Waals surface area contributed by atoms with Crippen LogP contribution in [0, 0.1) is 5.41 Å². The largest absolute Gasteiger partial charge is 0.372 e. The second-order valence-corrected chi connectivity index (χ2v) is 10.8. The topological polar surface area (TPSA) is 71.4 Å². The van der Waals surface area contributed by atoms with Crippen molar-refractivity contribution in [3.8, 4) is 0 Å². The summed E-state index contributed by atoms with van der Waals surface area (Å²) in [5.74, 6) is -0.424. The highest BCUT2D eigenvalue weighted by molar-refractivity contribution is 7.08. The summed E-state index contributed by atoms with van der Waals surface area (Å²) in [4.78, 5) is 40.9. The molecule has 180 valence electrons. The molecule has 0 aliphatic carbocycles. The fourth-order valence-electron chi connectivity index (χ4n) is 3.32. The highest BCUT2D eigenvalue weighted by atomic mass is 32.1. The first-order valence-corrected chi connectivity index (χ1v) is 13.0. The van der Waals surface area contributed by atoms with Gasteiger partial charge in [-0.25, -0.2) is 0 Å². The van der Waals surface area contributed by atoms with E-state index < -0.39 is 5.41 Å². The van der Waals surface area contributed by atoms with Crippen molar-refractivity contribution in [2.75, 3.05) is 23.3 Å². The number of benzene rings is 1. The maximum atomic E-state index is 13.1. The summed E-state index contributed by atoms with van der Waals surface area (Å²) < 4.78 is 2.34. The standard InChI is InChI=1S/C26H31N3O3S2/c1-6-28(7-2)20-10-8-19(9-11-20)27-23(31)16-29-24(15-22(30)26(3,4)5)34-21(25(29)32)14-18-12-13-33-17-18/h8-15,17H,6-7,16H2,1-5H3,(H,27,31). The van der Waals surface area contributed by atoms with Crippen LogP contribution in [0.15, 0.2) is 45.9 Å². The Bertz CT molecular complexity index is 1310. The van der Waals surface area contributed by atoms with Crippen molar-refractivity contribution >= 4 is 57.9 Å². The minimum absolute atomic E-state index is 0.100. The minimum atomic E-state index is -0.586. The molecule has 2 heterocycles. The van der Waals surface area contributed by atoms with E-state index in [-0.39, 0.29) is 23.8 Å². The van der Waals surface area contributed by atoms with Gasteiger partial charge in [0.05, 0.1) is 4.53 Å².